The van der Waals surface area contributed by atoms with Gasteiger partial charge in [-0.1, -0.05) is 23.7 Å². The van der Waals surface area contributed by atoms with Gasteiger partial charge in [-0.05, 0) is 86.0 Å². The van der Waals surface area contributed by atoms with Crippen LogP contribution in [0.1, 0.15) is 23.6 Å². The van der Waals surface area contributed by atoms with Gasteiger partial charge in [-0.15, -0.1) is 0 Å². The molecule has 5 amide bonds. The Hall–Kier alpha value is -4.83. The molecule has 0 unspecified atom stereocenters. The van der Waals surface area contributed by atoms with E-state index in [0.717, 1.165) is 16.0 Å². The number of urea groups is 1. The number of amides is 5. The number of hydrogen-bond acceptors (Lipinski definition) is 7. The Labute approximate surface area is 241 Å². The van der Waals surface area contributed by atoms with E-state index in [0.29, 0.717) is 23.6 Å². The number of rotatable bonds is 9. The van der Waals surface area contributed by atoms with Crippen molar-refractivity contribution in [3.05, 3.63) is 81.9 Å². The number of carbonyl (C=O) groups is 4. The van der Waals surface area contributed by atoms with Gasteiger partial charge in [-0.2, -0.15) is 0 Å². The number of hydrogen-bond donors (Lipinski definition) is 2. The van der Waals surface area contributed by atoms with Crippen LogP contribution in [-0.2, 0) is 14.4 Å². The van der Waals surface area contributed by atoms with Gasteiger partial charge in [0.05, 0.1) is 24.4 Å². The normalized spacial score (nSPS) is 14.1. The van der Waals surface area contributed by atoms with Crippen LogP contribution in [0.25, 0.3) is 6.08 Å². The summed E-state index contributed by atoms with van der Waals surface area (Å²) in [7, 11) is 1.39. The third-order valence-corrected chi connectivity index (χ3v) is 6.58. The van der Waals surface area contributed by atoms with Crippen LogP contribution in [0.15, 0.2) is 60.2 Å². The van der Waals surface area contributed by atoms with Crippen LogP contribution < -0.4 is 29.7 Å². The molecule has 4 rings (SSSR count). The Morgan fingerprint density at radius 3 is 2.46 bits per heavy atom. The molecule has 1 aliphatic heterocycles. The molecule has 3 aromatic rings. The number of carbonyl (C=O) groups excluding carboxylic acids is 4. The highest BCUT2D eigenvalue weighted by Gasteiger charge is 2.37. The second-order valence-electron chi connectivity index (χ2n) is 9.00. The first-order valence-corrected chi connectivity index (χ1v) is 13.0. The largest absolute Gasteiger partial charge is 0.494 e. The van der Waals surface area contributed by atoms with Gasteiger partial charge in [0.25, 0.3) is 17.7 Å². The minimum atomic E-state index is -0.875. The molecule has 10 nitrogen and oxygen atoms in total. The van der Waals surface area contributed by atoms with Crippen molar-refractivity contribution < 1.29 is 33.4 Å². The van der Waals surface area contributed by atoms with Gasteiger partial charge in [0.2, 0.25) is 0 Å². The fourth-order valence-corrected chi connectivity index (χ4v) is 4.36. The maximum Gasteiger partial charge on any atom is 0.335 e. The molecule has 11 heteroatoms. The Balaban J connectivity index is 1.54. The molecule has 1 saturated heterocycles. The number of aryl methyl sites for hydroxylation is 1. The molecule has 1 fully saturated rings. The molecular weight excluding hydrogens is 550 g/mol. The van der Waals surface area contributed by atoms with Crippen molar-refractivity contribution in [2.75, 3.05) is 30.5 Å². The zero-order chi connectivity index (χ0) is 29.7. The first-order valence-electron chi connectivity index (χ1n) is 12.6. The Morgan fingerprint density at radius 1 is 1.05 bits per heavy atom. The highest BCUT2D eigenvalue weighted by molar-refractivity contribution is 6.39. The Bertz CT molecular complexity index is 1550. The molecule has 0 atom stereocenters. The van der Waals surface area contributed by atoms with Crippen molar-refractivity contribution in [2.24, 2.45) is 0 Å². The summed E-state index contributed by atoms with van der Waals surface area (Å²) in [6.07, 6.45) is 1.29. The molecule has 1 heterocycles. The first-order chi connectivity index (χ1) is 19.6. The average Bonchev–Trinajstić information content (AvgIpc) is 2.93. The van der Waals surface area contributed by atoms with Gasteiger partial charge in [-0.3, -0.25) is 19.7 Å². The second-order valence-corrected chi connectivity index (χ2v) is 9.41. The fraction of sp³-hybridized carbons (Fsp3) is 0.200. The summed E-state index contributed by atoms with van der Waals surface area (Å²) in [6.45, 7) is 5.80. The van der Waals surface area contributed by atoms with E-state index in [1.54, 1.807) is 30.3 Å². The van der Waals surface area contributed by atoms with Crippen molar-refractivity contribution in [1.29, 1.82) is 0 Å². The van der Waals surface area contributed by atoms with E-state index < -0.39 is 23.8 Å². The second kappa shape index (κ2) is 12.6. The van der Waals surface area contributed by atoms with Crippen molar-refractivity contribution in [3.8, 4) is 17.2 Å². The lowest BCUT2D eigenvalue weighted by molar-refractivity contribution is -0.122. The number of methoxy groups -OCH3 is 1. The number of nitrogens with one attached hydrogen (secondary N) is 2. The molecule has 0 spiro atoms. The first kappa shape index (κ1) is 29.2. The number of anilines is 2. The molecular formula is C30H28ClN3O7. The minimum absolute atomic E-state index is 0.0823. The van der Waals surface area contributed by atoms with Crippen LogP contribution in [-0.4, -0.2) is 44.1 Å². The molecule has 0 aliphatic carbocycles. The van der Waals surface area contributed by atoms with Crippen molar-refractivity contribution in [3.63, 3.8) is 0 Å². The monoisotopic (exact) mass is 577 g/mol. The van der Waals surface area contributed by atoms with Crippen LogP contribution in [0.4, 0.5) is 16.2 Å². The number of nitrogens with zero attached hydrogens (tertiary/aromatic N) is 1. The summed E-state index contributed by atoms with van der Waals surface area (Å²) in [4.78, 5) is 51.8. The lowest BCUT2D eigenvalue weighted by atomic mass is 10.1. The lowest BCUT2D eigenvalue weighted by Gasteiger charge is -2.26. The topological polar surface area (TPSA) is 123 Å². The third kappa shape index (κ3) is 6.50. The third-order valence-electron chi connectivity index (χ3n) is 6.30. The summed E-state index contributed by atoms with van der Waals surface area (Å²) >= 11 is 6.45. The minimum Gasteiger partial charge on any atom is -0.494 e. The van der Waals surface area contributed by atoms with Crippen molar-refractivity contribution >= 4 is 52.8 Å². The number of ether oxygens (including phenoxy) is 3. The summed E-state index contributed by atoms with van der Waals surface area (Å²) in [5, 5.41) is 5.07. The van der Waals surface area contributed by atoms with E-state index in [1.807, 2.05) is 32.9 Å². The standard InChI is InChI=1S/C30H28ClN3O7/c1-5-40-21-11-9-20(10-12-21)34-29(37)22(28(36)33-30(34)38)13-19-14-23(31)27(25(15-19)39-4)41-16-26(35)32-24-8-6-7-17(2)18(24)3/h6-15H,5,16H2,1-4H3,(H,32,35)(H,33,36,38)/b22-13+. The SMILES string of the molecule is CCOc1ccc(N2C(=O)NC(=O)/C(=C\c3cc(Cl)c(OCC(=O)Nc4cccc(C)c4C)c(OC)c3)C2=O)cc1. The fourth-order valence-electron chi connectivity index (χ4n) is 4.09. The molecule has 1 aliphatic rings. The predicted octanol–water partition coefficient (Wildman–Crippen LogP) is 5.05. The maximum absolute atomic E-state index is 13.3. The van der Waals surface area contributed by atoms with Gasteiger partial charge in [0.1, 0.15) is 11.3 Å². The quantitative estimate of drug-likeness (QED) is 0.269. The molecule has 0 saturated carbocycles. The number of barbiturate groups is 1. The van der Waals surface area contributed by atoms with Crippen molar-refractivity contribution in [2.45, 2.75) is 20.8 Å². The maximum atomic E-state index is 13.3. The van der Waals surface area contributed by atoms with E-state index in [9.17, 15) is 19.2 Å². The van der Waals surface area contributed by atoms with E-state index in [1.165, 1.54) is 25.3 Å². The Kier molecular flexibility index (Phi) is 8.94. The highest BCUT2D eigenvalue weighted by Crippen LogP contribution is 2.37. The zero-order valence-corrected chi connectivity index (χ0v) is 23.6. The highest BCUT2D eigenvalue weighted by atomic mass is 35.5. The smallest absolute Gasteiger partial charge is 0.335 e. The summed E-state index contributed by atoms with van der Waals surface area (Å²) < 4.78 is 16.5. The lowest BCUT2D eigenvalue weighted by Crippen LogP contribution is -2.54. The van der Waals surface area contributed by atoms with Crippen LogP contribution in [0.2, 0.25) is 5.02 Å². The van der Waals surface area contributed by atoms with Gasteiger partial charge >= 0.3 is 6.03 Å². The van der Waals surface area contributed by atoms with Crippen LogP contribution in [0, 0.1) is 13.8 Å². The predicted molar refractivity (Wildman–Crippen MR) is 155 cm³/mol. The van der Waals surface area contributed by atoms with Crippen LogP contribution in [0.5, 0.6) is 17.2 Å². The molecule has 0 aromatic heterocycles. The number of imide groups is 2. The number of benzene rings is 3. The van der Waals surface area contributed by atoms with E-state index >= 15 is 0 Å². The molecule has 2 N–H and O–H groups in total. The molecule has 212 valence electrons. The van der Waals surface area contributed by atoms with Crippen molar-refractivity contribution in [1.82, 2.24) is 5.32 Å². The Morgan fingerprint density at radius 2 is 1.78 bits per heavy atom. The van der Waals surface area contributed by atoms with Gasteiger partial charge in [0.15, 0.2) is 18.1 Å². The summed E-state index contributed by atoms with van der Waals surface area (Å²) in [6, 6.07) is 14.0. The molecule has 41 heavy (non-hydrogen) atoms. The molecule has 0 radical (unpaired) electrons. The molecule has 0 bridgehead atoms. The van der Waals surface area contributed by atoms with Gasteiger partial charge < -0.3 is 19.5 Å². The van der Waals surface area contributed by atoms with Gasteiger partial charge in [-0.25, -0.2) is 9.69 Å². The van der Waals surface area contributed by atoms with Crippen LogP contribution in [0.3, 0.4) is 0 Å². The number of halogens is 1. The van der Waals surface area contributed by atoms with E-state index in [4.69, 9.17) is 25.8 Å². The van der Waals surface area contributed by atoms with Crippen LogP contribution >= 0.6 is 11.6 Å². The van der Waals surface area contributed by atoms with Gasteiger partial charge in [0, 0.05) is 5.69 Å². The molecule has 3 aromatic carbocycles. The average molecular weight is 578 g/mol. The van der Waals surface area contributed by atoms with E-state index in [-0.39, 0.29) is 34.4 Å². The zero-order valence-electron chi connectivity index (χ0n) is 22.9. The summed E-state index contributed by atoms with van der Waals surface area (Å²) in [5.74, 6) is -1.22. The summed E-state index contributed by atoms with van der Waals surface area (Å²) in [5.41, 5.74) is 2.95. The van der Waals surface area contributed by atoms with E-state index in [2.05, 4.69) is 10.6 Å².